The van der Waals surface area contributed by atoms with Crippen molar-refractivity contribution in [3.05, 3.63) is 53.9 Å². The lowest BCUT2D eigenvalue weighted by Crippen LogP contribution is -2.44. The molecule has 1 fully saturated rings. The number of aromatic nitrogens is 1. The summed E-state index contributed by atoms with van der Waals surface area (Å²) in [6.07, 6.45) is 1.55. The zero-order valence-electron chi connectivity index (χ0n) is 18.0. The Morgan fingerprint density at radius 3 is 2.52 bits per heavy atom. The molecule has 1 aliphatic heterocycles. The van der Waals surface area contributed by atoms with Crippen molar-refractivity contribution in [3.63, 3.8) is 0 Å². The van der Waals surface area contributed by atoms with Crippen LogP contribution in [0, 0.1) is 0 Å². The normalized spacial score (nSPS) is 18.0. The first-order valence-corrected chi connectivity index (χ1v) is 9.88. The van der Waals surface area contributed by atoms with Crippen LogP contribution < -0.4 is 14.8 Å². The molecule has 0 bridgehead atoms. The molecule has 1 atom stereocenters. The van der Waals surface area contributed by atoms with Crippen LogP contribution in [0.25, 0.3) is 0 Å². The first-order valence-electron chi connectivity index (χ1n) is 9.88. The number of urea groups is 1. The molecule has 0 spiro atoms. The summed E-state index contributed by atoms with van der Waals surface area (Å²) in [5.41, 5.74) is -0.0525. The van der Waals surface area contributed by atoms with Crippen LogP contribution in [0.15, 0.2) is 42.6 Å². The monoisotopic (exact) mass is 426 g/mol. The molecule has 2 heterocycles. The molecule has 9 heteroatoms. The second-order valence-electron chi connectivity index (χ2n) is 7.26. The van der Waals surface area contributed by atoms with Crippen LogP contribution in [-0.4, -0.2) is 59.9 Å². The highest BCUT2D eigenvalue weighted by Crippen LogP contribution is 2.29. The van der Waals surface area contributed by atoms with E-state index in [1.807, 2.05) is 13.0 Å². The summed E-state index contributed by atoms with van der Waals surface area (Å²) < 4.78 is 10.6. The molecule has 3 rings (SSSR count). The van der Waals surface area contributed by atoms with Crippen molar-refractivity contribution in [2.24, 2.45) is 0 Å². The predicted molar refractivity (Wildman–Crippen MR) is 112 cm³/mol. The van der Waals surface area contributed by atoms with E-state index in [4.69, 9.17) is 9.47 Å². The molecule has 31 heavy (non-hydrogen) atoms. The van der Waals surface area contributed by atoms with Gasteiger partial charge in [-0.2, -0.15) is 0 Å². The van der Waals surface area contributed by atoms with E-state index < -0.39 is 17.5 Å². The van der Waals surface area contributed by atoms with Gasteiger partial charge in [-0.1, -0.05) is 12.1 Å². The summed E-state index contributed by atoms with van der Waals surface area (Å²) in [5, 5.41) is 2.66. The number of carbonyl (C=O) groups is 3. The van der Waals surface area contributed by atoms with Gasteiger partial charge in [0.05, 0.1) is 19.9 Å². The first-order chi connectivity index (χ1) is 14.8. The zero-order valence-corrected chi connectivity index (χ0v) is 18.0. The average molecular weight is 426 g/mol. The van der Waals surface area contributed by atoms with Gasteiger partial charge >= 0.3 is 6.03 Å². The van der Waals surface area contributed by atoms with Gasteiger partial charge in [-0.25, -0.2) is 4.79 Å². The van der Waals surface area contributed by atoms with E-state index in [1.54, 1.807) is 62.6 Å². The standard InChI is InChI=1S/C22H26N4O5/c1-5-25(13-15-9-10-16(30-3)17(12-15)31-4)19(27)14-26-20(28)22(2,24-21(26)29)18-8-6-7-11-23-18/h6-12H,5,13-14H2,1-4H3,(H,24,29)/t22-/m0/s1. The van der Waals surface area contributed by atoms with Gasteiger partial charge in [0.25, 0.3) is 5.91 Å². The number of benzene rings is 1. The van der Waals surface area contributed by atoms with Gasteiger partial charge in [0, 0.05) is 19.3 Å². The van der Waals surface area contributed by atoms with Crippen LogP contribution in [-0.2, 0) is 21.7 Å². The van der Waals surface area contributed by atoms with Crippen LogP contribution in [0.2, 0.25) is 0 Å². The molecule has 4 amide bonds. The average Bonchev–Trinajstić information content (AvgIpc) is 3.01. The highest BCUT2D eigenvalue weighted by atomic mass is 16.5. The van der Waals surface area contributed by atoms with E-state index in [0.717, 1.165) is 10.5 Å². The lowest BCUT2D eigenvalue weighted by molar-refractivity contribution is -0.139. The molecule has 0 aliphatic carbocycles. The molecule has 1 saturated heterocycles. The SMILES string of the molecule is CCN(Cc1ccc(OC)c(OC)c1)C(=O)CN1C(=O)N[C@@](C)(c2ccccn2)C1=O. The molecule has 1 aromatic carbocycles. The van der Waals surface area contributed by atoms with Crippen molar-refractivity contribution in [1.29, 1.82) is 0 Å². The number of nitrogens with zero attached hydrogens (tertiary/aromatic N) is 3. The lowest BCUT2D eigenvalue weighted by Gasteiger charge is -2.24. The molecule has 1 N–H and O–H groups in total. The van der Waals surface area contributed by atoms with Crippen molar-refractivity contribution < 1.29 is 23.9 Å². The van der Waals surface area contributed by atoms with Crippen LogP contribution >= 0.6 is 0 Å². The Balaban J connectivity index is 1.73. The van der Waals surface area contributed by atoms with Gasteiger partial charge in [0.2, 0.25) is 5.91 Å². The second-order valence-corrected chi connectivity index (χ2v) is 7.26. The van der Waals surface area contributed by atoms with Crippen LogP contribution in [0.3, 0.4) is 0 Å². The number of carbonyl (C=O) groups excluding carboxylic acids is 3. The number of pyridine rings is 1. The van der Waals surface area contributed by atoms with E-state index in [-0.39, 0.29) is 12.5 Å². The third-order valence-electron chi connectivity index (χ3n) is 5.30. The lowest BCUT2D eigenvalue weighted by atomic mass is 9.97. The highest BCUT2D eigenvalue weighted by Gasteiger charge is 2.50. The smallest absolute Gasteiger partial charge is 0.325 e. The number of nitrogens with one attached hydrogen (secondary N) is 1. The summed E-state index contributed by atoms with van der Waals surface area (Å²) in [5.74, 6) is 0.301. The largest absolute Gasteiger partial charge is 0.493 e. The minimum Gasteiger partial charge on any atom is -0.493 e. The summed E-state index contributed by atoms with van der Waals surface area (Å²) >= 11 is 0. The first kappa shape index (κ1) is 22.1. The number of methoxy groups -OCH3 is 2. The van der Waals surface area contributed by atoms with E-state index in [2.05, 4.69) is 10.3 Å². The fraction of sp³-hybridized carbons (Fsp3) is 0.364. The maximum atomic E-state index is 13.0. The predicted octanol–water partition coefficient (Wildman–Crippen LogP) is 1.91. The number of likely N-dealkylation sites (N-methyl/N-ethyl adjacent to an activating group) is 1. The van der Waals surface area contributed by atoms with Crippen molar-refractivity contribution in [2.45, 2.75) is 25.9 Å². The number of rotatable bonds is 8. The minimum absolute atomic E-state index is 0.302. The minimum atomic E-state index is -1.31. The van der Waals surface area contributed by atoms with Crippen LogP contribution in [0.5, 0.6) is 11.5 Å². The Morgan fingerprint density at radius 1 is 1.16 bits per heavy atom. The highest BCUT2D eigenvalue weighted by molar-refractivity contribution is 6.08. The maximum Gasteiger partial charge on any atom is 0.325 e. The third-order valence-corrected chi connectivity index (χ3v) is 5.30. The number of amides is 4. The number of hydrogen-bond acceptors (Lipinski definition) is 6. The molecule has 164 valence electrons. The Morgan fingerprint density at radius 2 is 1.90 bits per heavy atom. The van der Waals surface area contributed by atoms with Gasteiger partial charge < -0.3 is 19.7 Å². The zero-order chi connectivity index (χ0) is 22.6. The molecular formula is C22H26N4O5. The number of imide groups is 1. The number of ether oxygens (including phenoxy) is 2. The second kappa shape index (κ2) is 9.03. The Bertz CT molecular complexity index is 981. The van der Waals surface area contributed by atoms with E-state index in [1.165, 1.54) is 0 Å². The van der Waals surface area contributed by atoms with E-state index in [0.29, 0.717) is 30.3 Å². The van der Waals surface area contributed by atoms with Crippen molar-refractivity contribution in [2.75, 3.05) is 27.3 Å². The summed E-state index contributed by atoms with van der Waals surface area (Å²) in [7, 11) is 3.09. The molecule has 1 aliphatic rings. The van der Waals surface area contributed by atoms with Crippen LogP contribution in [0.1, 0.15) is 25.1 Å². The fourth-order valence-corrected chi connectivity index (χ4v) is 3.48. The van der Waals surface area contributed by atoms with Crippen molar-refractivity contribution in [1.82, 2.24) is 20.1 Å². The molecule has 0 unspecified atom stereocenters. The fourth-order valence-electron chi connectivity index (χ4n) is 3.48. The van der Waals surface area contributed by atoms with Gasteiger partial charge in [-0.3, -0.25) is 19.5 Å². The molecule has 1 aromatic heterocycles. The van der Waals surface area contributed by atoms with E-state index in [9.17, 15) is 14.4 Å². The molecule has 0 saturated carbocycles. The quantitative estimate of drug-likeness (QED) is 0.647. The van der Waals surface area contributed by atoms with Gasteiger partial charge in [-0.15, -0.1) is 0 Å². The number of hydrogen-bond donors (Lipinski definition) is 1. The molecule has 0 radical (unpaired) electrons. The molecular weight excluding hydrogens is 400 g/mol. The van der Waals surface area contributed by atoms with Gasteiger partial charge in [-0.05, 0) is 43.7 Å². The topological polar surface area (TPSA) is 101 Å². The summed E-state index contributed by atoms with van der Waals surface area (Å²) in [6, 6.07) is 9.91. The van der Waals surface area contributed by atoms with Gasteiger partial charge in [0.1, 0.15) is 6.54 Å². The molecule has 2 aromatic rings. The Kier molecular flexibility index (Phi) is 6.43. The van der Waals surface area contributed by atoms with Crippen LogP contribution in [0.4, 0.5) is 4.79 Å². The summed E-state index contributed by atoms with van der Waals surface area (Å²) in [4.78, 5) is 45.1. The Labute approximate surface area is 180 Å². The van der Waals surface area contributed by atoms with E-state index >= 15 is 0 Å². The maximum absolute atomic E-state index is 13.0. The Hall–Kier alpha value is -3.62. The van der Waals surface area contributed by atoms with Crippen molar-refractivity contribution in [3.8, 4) is 11.5 Å². The molecule has 9 nitrogen and oxygen atoms in total. The summed E-state index contributed by atoms with van der Waals surface area (Å²) in [6.45, 7) is 3.78. The third kappa shape index (κ3) is 4.30. The van der Waals surface area contributed by atoms with Crippen molar-refractivity contribution >= 4 is 17.8 Å². The van der Waals surface area contributed by atoms with Gasteiger partial charge in [0.15, 0.2) is 17.0 Å².